The van der Waals surface area contributed by atoms with Gasteiger partial charge in [-0.3, -0.25) is 0 Å². The van der Waals surface area contributed by atoms with Crippen LogP contribution in [0.3, 0.4) is 0 Å². The zero-order valence-corrected chi connectivity index (χ0v) is 4.52. The summed E-state index contributed by atoms with van der Waals surface area (Å²) in [6.07, 6.45) is 0.193. The SMILES string of the molecule is CS(=O)(F)(F)Cl. The fourth-order valence-electron chi connectivity index (χ4n) is 0. The van der Waals surface area contributed by atoms with E-state index in [2.05, 4.69) is 10.7 Å². The molecule has 0 saturated heterocycles. The van der Waals surface area contributed by atoms with Crippen LogP contribution in [0, 0.1) is 0 Å². The lowest BCUT2D eigenvalue weighted by Gasteiger charge is -2.04. The maximum Gasteiger partial charge on any atom is 0.229 e. The van der Waals surface area contributed by atoms with E-state index in [-0.39, 0.29) is 6.26 Å². The molecule has 0 aliphatic rings. The minimum atomic E-state index is -5.63. The second-order valence-corrected chi connectivity index (χ2v) is 4.98. The van der Waals surface area contributed by atoms with Gasteiger partial charge < -0.3 is 0 Å². The van der Waals surface area contributed by atoms with Gasteiger partial charge in [-0.25, -0.2) is 4.21 Å². The van der Waals surface area contributed by atoms with Crippen LogP contribution in [0.25, 0.3) is 0 Å². The first-order chi connectivity index (χ1) is 2.24. The summed E-state index contributed by atoms with van der Waals surface area (Å²) in [4.78, 5) is 0. The van der Waals surface area contributed by atoms with Gasteiger partial charge in [0.15, 0.2) is 0 Å². The van der Waals surface area contributed by atoms with Gasteiger partial charge in [0, 0.05) is 10.7 Å². The Hall–Kier alpha value is 0.300. The Morgan fingerprint density at radius 2 is 1.67 bits per heavy atom. The van der Waals surface area contributed by atoms with Gasteiger partial charge in [0.2, 0.25) is 9.05 Å². The summed E-state index contributed by atoms with van der Waals surface area (Å²) in [5.74, 6) is 0. The van der Waals surface area contributed by atoms with Crippen molar-refractivity contribution in [2.75, 3.05) is 6.26 Å². The van der Waals surface area contributed by atoms with E-state index >= 15 is 0 Å². The maximum atomic E-state index is 11.0. The molecule has 0 heterocycles. The Balaban J connectivity index is 4.16. The summed E-state index contributed by atoms with van der Waals surface area (Å²) in [6, 6.07) is 0. The summed E-state index contributed by atoms with van der Waals surface area (Å²) in [5.41, 5.74) is 0. The number of hydrogen-bond donors (Lipinski definition) is 0. The van der Waals surface area contributed by atoms with Crippen LogP contribution in [0.4, 0.5) is 7.77 Å². The van der Waals surface area contributed by atoms with Crippen molar-refractivity contribution < 1.29 is 12.0 Å². The van der Waals surface area contributed by atoms with Gasteiger partial charge in [0.1, 0.15) is 0 Å². The van der Waals surface area contributed by atoms with E-state index in [9.17, 15) is 12.0 Å². The molecular weight excluding hydrogens is 134 g/mol. The van der Waals surface area contributed by atoms with Crippen LogP contribution >= 0.6 is 10.7 Å². The van der Waals surface area contributed by atoms with Gasteiger partial charge in [0.25, 0.3) is 0 Å². The molecule has 0 rings (SSSR count). The first kappa shape index (κ1) is 6.30. The second-order valence-electron chi connectivity index (χ2n) is 0.994. The molecule has 0 amide bonds. The van der Waals surface area contributed by atoms with Crippen LogP contribution in [-0.2, 0) is 9.05 Å². The molecule has 0 unspecified atom stereocenters. The van der Waals surface area contributed by atoms with Crippen LogP contribution in [-0.4, -0.2) is 10.5 Å². The monoisotopic (exact) mass is 136 g/mol. The molecule has 0 fully saturated rings. The van der Waals surface area contributed by atoms with Gasteiger partial charge in [-0.2, -0.15) is 0 Å². The second kappa shape index (κ2) is 0.924. The molecule has 6 heavy (non-hydrogen) atoms. The Morgan fingerprint density at radius 1 is 1.67 bits per heavy atom. The highest BCUT2D eigenvalue weighted by Gasteiger charge is 2.22. The first-order valence-corrected chi connectivity index (χ1v) is 4.04. The summed E-state index contributed by atoms with van der Waals surface area (Å²) >= 11 is 0. The molecule has 0 saturated carbocycles. The standard InChI is InChI=1S/CH3ClF2OS/c1-6(2,3,4)5/h1H3. The fraction of sp³-hybridized carbons (Fsp3) is 1.00. The summed E-state index contributed by atoms with van der Waals surface area (Å²) in [5, 5.41) is 0. The van der Waals surface area contributed by atoms with Crippen molar-refractivity contribution in [3.8, 4) is 0 Å². The van der Waals surface area contributed by atoms with E-state index in [1.807, 2.05) is 0 Å². The normalized spacial score (nSPS) is 19.0. The molecule has 0 aromatic carbocycles. The van der Waals surface area contributed by atoms with Crippen molar-refractivity contribution in [3.63, 3.8) is 0 Å². The minimum Gasteiger partial charge on any atom is -0.207 e. The quantitative estimate of drug-likeness (QED) is 0.460. The fourth-order valence-corrected chi connectivity index (χ4v) is 0. The average molecular weight is 137 g/mol. The largest absolute Gasteiger partial charge is 0.229 e. The van der Waals surface area contributed by atoms with Gasteiger partial charge in [-0.15, -0.1) is 7.77 Å². The highest BCUT2D eigenvalue weighted by molar-refractivity contribution is 8.30. The predicted molar refractivity (Wildman–Crippen MR) is 22.1 cm³/mol. The maximum absolute atomic E-state index is 11.0. The van der Waals surface area contributed by atoms with Crippen LogP contribution in [0.5, 0.6) is 0 Å². The molecule has 0 aliphatic heterocycles. The van der Waals surface area contributed by atoms with Gasteiger partial charge in [-0.05, 0) is 0 Å². The Kier molecular flexibility index (Phi) is 0.970. The molecular formula is CH3ClF2OS. The van der Waals surface area contributed by atoms with Crippen molar-refractivity contribution in [1.82, 2.24) is 0 Å². The van der Waals surface area contributed by atoms with Crippen LogP contribution < -0.4 is 0 Å². The molecule has 40 valence electrons. The number of halogens is 3. The minimum absolute atomic E-state index is 0.193. The Bertz CT molecular complexity index is 91.2. The van der Waals surface area contributed by atoms with Crippen molar-refractivity contribution in [2.45, 2.75) is 0 Å². The van der Waals surface area contributed by atoms with Crippen molar-refractivity contribution >= 4 is 19.7 Å². The highest BCUT2D eigenvalue weighted by atomic mass is 35.7. The molecule has 0 aromatic heterocycles. The summed E-state index contributed by atoms with van der Waals surface area (Å²) < 4.78 is 31.3. The molecule has 0 atom stereocenters. The average Bonchev–Trinajstić information content (AvgIpc) is 0.650. The van der Waals surface area contributed by atoms with Crippen molar-refractivity contribution in [2.24, 2.45) is 0 Å². The summed E-state index contributed by atoms with van der Waals surface area (Å²) in [6.45, 7) is 0. The molecule has 1 nitrogen and oxygen atoms in total. The first-order valence-electron chi connectivity index (χ1n) is 1.04. The van der Waals surface area contributed by atoms with Gasteiger partial charge in [-0.1, -0.05) is 0 Å². The van der Waals surface area contributed by atoms with E-state index < -0.39 is 9.05 Å². The third-order valence-electron chi connectivity index (χ3n) is 0. The molecule has 0 spiro atoms. The van der Waals surface area contributed by atoms with Crippen molar-refractivity contribution in [3.05, 3.63) is 0 Å². The van der Waals surface area contributed by atoms with Gasteiger partial charge in [0.05, 0.1) is 6.26 Å². The molecule has 5 heteroatoms. The third kappa shape index (κ3) is 520. The molecule has 0 N–H and O–H groups in total. The number of hydrogen-bond acceptors (Lipinski definition) is 1. The molecule has 0 aliphatic carbocycles. The lowest BCUT2D eigenvalue weighted by molar-refractivity contribution is 0.573. The van der Waals surface area contributed by atoms with Crippen LogP contribution in [0.15, 0.2) is 0 Å². The Labute approximate surface area is 38.8 Å². The van der Waals surface area contributed by atoms with E-state index in [4.69, 9.17) is 0 Å². The third-order valence-corrected chi connectivity index (χ3v) is 0. The lowest BCUT2D eigenvalue weighted by Crippen LogP contribution is -2.03. The smallest absolute Gasteiger partial charge is 0.207 e. The highest BCUT2D eigenvalue weighted by Crippen LogP contribution is 2.29. The van der Waals surface area contributed by atoms with Crippen LogP contribution in [0.1, 0.15) is 0 Å². The predicted octanol–water partition coefficient (Wildman–Crippen LogP) is 1.36. The van der Waals surface area contributed by atoms with E-state index in [1.165, 1.54) is 0 Å². The molecule has 0 aromatic rings. The van der Waals surface area contributed by atoms with E-state index in [0.717, 1.165) is 0 Å². The molecule has 0 radical (unpaired) electrons. The van der Waals surface area contributed by atoms with Crippen LogP contribution in [0.2, 0.25) is 0 Å². The zero-order chi connectivity index (χ0) is 5.45. The van der Waals surface area contributed by atoms with Crippen molar-refractivity contribution in [1.29, 1.82) is 0 Å². The zero-order valence-electron chi connectivity index (χ0n) is 2.95. The molecule has 0 bridgehead atoms. The summed E-state index contributed by atoms with van der Waals surface area (Å²) in [7, 11) is -1.62. The topological polar surface area (TPSA) is 17.1 Å². The van der Waals surface area contributed by atoms with E-state index in [0.29, 0.717) is 0 Å². The lowest BCUT2D eigenvalue weighted by atomic mass is 12.0. The Morgan fingerprint density at radius 3 is 1.67 bits per heavy atom. The number of rotatable bonds is 0. The van der Waals surface area contributed by atoms with Gasteiger partial charge >= 0.3 is 0 Å². The van der Waals surface area contributed by atoms with E-state index in [1.54, 1.807) is 0 Å².